The predicted molar refractivity (Wildman–Crippen MR) is 123 cm³/mol. The van der Waals surface area contributed by atoms with Gasteiger partial charge in [-0.2, -0.15) is 4.72 Å². The van der Waals surface area contributed by atoms with Crippen molar-refractivity contribution < 1.29 is 26.8 Å². The Balaban J connectivity index is 2.60. The average Bonchev–Trinajstić information content (AvgIpc) is 2.76. The van der Waals surface area contributed by atoms with Crippen molar-refractivity contribution in [1.29, 1.82) is 0 Å². The molecule has 2 rings (SSSR count). The number of sulfonamides is 1. The van der Waals surface area contributed by atoms with Crippen LogP contribution in [-0.4, -0.2) is 33.2 Å². The number of carbonyl (C=O) groups excluding carboxylic acids is 1. The highest BCUT2D eigenvalue weighted by Gasteiger charge is 2.55. The molecule has 0 bridgehead atoms. The number of rotatable bonds is 14. The van der Waals surface area contributed by atoms with Crippen LogP contribution in [-0.2, 0) is 28.9 Å². The van der Waals surface area contributed by atoms with Crippen LogP contribution in [0.3, 0.4) is 0 Å². The fourth-order valence-electron chi connectivity index (χ4n) is 3.41. The van der Waals surface area contributed by atoms with Crippen molar-refractivity contribution >= 4 is 23.4 Å². The highest BCUT2D eigenvalue weighted by atomic mass is 32.2. The molecule has 0 amide bonds. The molecule has 9 heteroatoms. The summed E-state index contributed by atoms with van der Waals surface area (Å²) < 4.78 is 54.1. The van der Waals surface area contributed by atoms with E-state index in [1.165, 1.54) is 19.1 Å². The molecule has 0 aliphatic heterocycles. The number of fused-ring (bicyclic) bond motifs is 1. The largest absolute Gasteiger partial charge is 0.360 e. The van der Waals surface area contributed by atoms with Gasteiger partial charge in [-0.25, -0.2) is 8.42 Å². The van der Waals surface area contributed by atoms with Gasteiger partial charge in [0.1, 0.15) is 0 Å². The summed E-state index contributed by atoms with van der Waals surface area (Å²) in [6.07, 6.45) is 7.59. The van der Waals surface area contributed by atoms with Crippen molar-refractivity contribution in [1.82, 2.24) is 4.72 Å². The molecule has 7 nitrogen and oxygen atoms in total. The summed E-state index contributed by atoms with van der Waals surface area (Å²) in [5.41, 5.74) is 0.562. The first-order valence-corrected chi connectivity index (χ1v) is 14.2. The van der Waals surface area contributed by atoms with Crippen LogP contribution in [0.1, 0.15) is 75.2 Å². The second kappa shape index (κ2) is 11.5. The van der Waals surface area contributed by atoms with E-state index in [0.717, 1.165) is 25.7 Å². The monoisotopic (exact) mass is 471 g/mol. The lowest BCUT2D eigenvalue weighted by molar-refractivity contribution is 0.104. The van der Waals surface area contributed by atoms with Gasteiger partial charge in [0.05, 0.1) is 19.0 Å². The van der Waals surface area contributed by atoms with Gasteiger partial charge in [-0.3, -0.25) is 9.36 Å². The van der Waals surface area contributed by atoms with Crippen molar-refractivity contribution in [2.75, 3.05) is 19.0 Å². The Labute approximate surface area is 186 Å². The first kappa shape index (κ1) is 25.9. The van der Waals surface area contributed by atoms with Crippen molar-refractivity contribution in [2.45, 2.75) is 64.6 Å². The van der Waals surface area contributed by atoms with Crippen LogP contribution < -0.4 is 4.72 Å². The minimum Gasteiger partial charge on any atom is -0.307 e. The SMILES string of the molecule is CCCCCOP(=O)(OCCCCC)C1(NS(=O)(=O)CC)C=CC(=O)c2ccccc21. The maximum Gasteiger partial charge on any atom is 0.360 e. The fraction of sp³-hybridized carbons (Fsp3) is 0.591. The van der Waals surface area contributed by atoms with Gasteiger partial charge in [-0.05, 0) is 31.9 Å². The number of ketones is 1. The minimum absolute atomic E-state index is 0.165. The Morgan fingerprint density at radius 1 is 0.968 bits per heavy atom. The quantitative estimate of drug-likeness (QED) is 0.298. The maximum atomic E-state index is 14.3. The molecule has 1 aromatic carbocycles. The molecule has 1 aliphatic rings. The van der Waals surface area contributed by atoms with Crippen molar-refractivity contribution in [3.8, 4) is 0 Å². The standard InChI is InChI=1S/C22H34NO6PS/c1-4-7-11-17-28-30(25,29-18-12-8-5-2)22(23-31(26,27)6-3)16-15-21(24)19-13-9-10-14-20(19)22/h9-10,13-16,23H,4-8,11-12,17-18H2,1-3H3. The van der Waals surface area contributed by atoms with E-state index in [4.69, 9.17) is 9.05 Å². The summed E-state index contributed by atoms with van der Waals surface area (Å²) in [5.74, 6) is -0.505. The first-order chi connectivity index (χ1) is 14.8. The van der Waals surface area contributed by atoms with Gasteiger partial charge >= 0.3 is 7.60 Å². The van der Waals surface area contributed by atoms with Crippen molar-refractivity contribution in [2.24, 2.45) is 0 Å². The summed E-state index contributed by atoms with van der Waals surface area (Å²) in [6.45, 7) is 5.92. The van der Waals surface area contributed by atoms with E-state index in [-0.39, 0.29) is 35.9 Å². The summed E-state index contributed by atoms with van der Waals surface area (Å²) in [7, 11) is -7.94. The lowest BCUT2D eigenvalue weighted by atomic mass is 9.92. The lowest BCUT2D eigenvalue weighted by Gasteiger charge is -2.39. The zero-order valence-electron chi connectivity index (χ0n) is 18.6. The Morgan fingerprint density at radius 3 is 2.10 bits per heavy atom. The number of carbonyl (C=O) groups is 1. The van der Waals surface area contributed by atoms with E-state index in [9.17, 15) is 17.8 Å². The van der Waals surface area contributed by atoms with Crippen LogP contribution in [0, 0.1) is 0 Å². The normalized spacial score (nSPS) is 18.9. The molecule has 0 aromatic heterocycles. The van der Waals surface area contributed by atoms with E-state index in [2.05, 4.69) is 4.72 Å². The van der Waals surface area contributed by atoms with E-state index in [0.29, 0.717) is 12.8 Å². The highest BCUT2D eigenvalue weighted by molar-refractivity contribution is 7.89. The zero-order chi connectivity index (χ0) is 23.0. The number of unbranched alkanes of at least 4 members (excludes halogenated alkanes) is 4. The lowest BCUT2D eigenvalue weighted by Crippen LogP contribution is -2.47. The van der Waals surface area contributed by atoms with Gasteiger partial charge in [0.25, 0.3) is 0 Å². The number of allylic oxidation sites excluding steroid dienone is 1. The van der Waals surface area contributed by atoms with Crippen LogP contribution in [0.5, 0.6) is 0 Å². The number of hydrogen-bond donors (Lipinski definition) is 1. The molecule has 1 atom stereocenters. The van der Waals surface area contributed by atoms with Crippen LogP contribution in [0.25, 0.3) is 0 Å². The summed E-state index contributed by atoms with van der Waals surface area (Å²) in [6, 6.07) is 6.56. The molecule has 0 spiro atoms. The van der Waals surface area contributed by atoms with Crippen molar-refractivity contribution in [3.63, 3.8) is 0 Å². The van der Waals surface area contributed by atoms with Crippen LogP contribution in [0.4, 0.5) is 0 Å². The van der Waals surface area contributed by atoms with Gasteiger partial charge in [-0.1, -0.05) is 63.8 Å². The smallest absolute Gasteiger partial charge is 0.307 e. The molecule has 0 fully saturated rings. The van der Waals surface area contributed by atoms with E-state index >= 15 is 0 Å². The van der Waals surface area contributed by atoms with Crippen LogP contribution in [0.2, 0.25) is 0 Å². The van der Waals surface area contributed by atoms with Gasteiger partial charge in [-0.15, -0.1) is 0 Å². The Morgan fingerprint density at radius 2 is 1.55 bits per heavy atom. The number of benzene rings is 1. The fourth-order valence-corrected chi connectivity index (χ4v) is 7.04. The molecule has 174 valence electrons. The van der Waals surface area contributed by atoms with E-state index < -0.39 is 22.9 Å². The average molecular weight is 472 g/mol. The molecule has 0 saturated heterocycles. The summed E-state index contributed by atoms with van der Waals surface area (Å²) in [5, 5.41) is -1.80. The Kier molecular flexibility index (Phi) is 9.65. The maximum absolute atomic E-state index is 14.3. The topological polar surface area (TPSA) is 98.8 Å². The molecule has 31 heavy (non-hydrogen) atoms. The van der Waals surface area contributed by atoms with Gasteiger partial charge in [0, 0.05) is 11.1 Å². The molecular formula is C22H34NO6PS. The van der Waals surface area contributed by atoms with Gasteiger partial charge in [0.2, 0.25) is 10.0 Å². The third-order valence-corrected chi connectivity index (χ3v) is 9.18. The van der Waals surface area contributed by atoms with Crippen LogP contribution >= 0.6 is 7.60 Å². The predicted octanol–water partition coefficient (Wildman–Crippen LogP) is 5.14. The Bertz CT molecular complexity index is 914. The second-order valence-electron chi connectivity index (χ2n) is 7.59. The third-order valence-electron chi connectivity index (χ3n) is 5.22. The number of hydrogen-bond acceptors (Lipinski definition) is 6. The molecule has 1 unspecified atom stereocenters. The number of nitrogens with one attached hydrogen (secondary N) is 1. The molecule has 1 aromatic rings. The first-order valence-electron chi connectivity index (χ1n) is 11.0. The highest BCUT2D eigenvalue weighted by Crippen LogP contribution is 2.66. The minimum atomic E-state index is -4.10. The Hall–Kier alpha value is -1.31. The molecule has 0 heterocycles. The molecule has 1 aliphatic carbocycles. The summed E-state index contributed by atoms with van der Waals surface area (Å²) in [4.78, 5) is 12.5. The molecule has 0 radical (unpaired) electrons. The molecule has 1 N–H and O–H groups in total. The van der Waals surface area contributed by atoms with Gasteiger partial charge < -0.3 is 9.05 Å². The van der Waals surface area contributed by atoms with Crippen LogP contribution in [0.15, 0.2) is 36.4 Å². The summed E-state index contributed by atoms with van der Waals surface area (Å²) >= 11 is 0. The second-order valence-corrected chi connectivity index (χ2v) is 11.8. The zero-order valence-corrected chi connectivity index (χ0v) is 20.3. The van der Waals surface area contributed by atoms with E-state index in [1.807, 2.05) is 13.8 Å². The van der Waals surface area contributed by atoms with Crippen molar-refractivity contribution in [3.05, 3.63) is 47.5 Å². The van der Waals surface area contributed by atoms with E-state index in [1.54, 1.807) is 24.3 Å². The third kappa shape index (κ3) is 6.14. The molecular weight excluding hydrogens is 437 g/mol. The van der Waals surface area contributed by atoms with Gasteiger partial charge in [0.15, 0.2) is 11.1 Å². The molecule has 0 saturated carbocycles.